The van der Waals surface area contributed by atoms with E-state index in [1.807, 2.05) is 26.0 Å². The topological polar surface area (TPSA) is 37.3 Å². The molecule has 1 aromatic carbocycles. The van der Waals surface area contributed by atoms with Crippen molar-refractivity contribution in [3.63, 3.8) is 0 Å². The van der Waals surface area contributed by atoms with Crippen LogP contribution < -0.4 is 0 Å². The first kappa shape index (κ1) is 11.7. The SMILES string of the molecule is C.CC(C)c1ccccc1C(=O)O. The van der Waals surface area contributed by atoms with Crippen molar-refractivity contribution in [3.8, 4) is 0 Å². The van der Waals surface area contributed by atoms with Gasteiger partial charge in [-0.1, -0.05) is 39.5 Å². The normalized spacial score (nSPS) is 9.46. The molecule has 2 nitrogen and oxygen atoms in total. The Balaban J connectivity index is 0.00000144. The van der Waals surface area contributed by atoms with E-state index in [1.165, 1.54) is 0 Å². The highest BCUT2D eigenvalue weighted by Crippen LogP contribution is 2.18. The molecule has 0 aliphatic rings. The number of benzene rings is 1. The van der Waals surface area contributed by atoms with Gasteiger partial charge in [0.2, 0.25) is 0 Å². The van der Waals surface area contributed by atoms with E-state index in [2.05, 4.69) is 0 Å². The van der Waals surface area contributed by atoms with Crippen LogP contribution in [0.15, 0.2) is 24.3 Å². The minimum absolute atomic E-state index is 0. The maximum absolute atomic E-state index is 10.7. The van der Waals surface area contributed by atoms with Crippen molar-refractivity contribution in [3.05, 3.63) is 35.4 Å². The van der Waals surface area contributed by atoms with Gasteiger partial charge in [0.15, 0.2) is 0 Å². The number of rotatable bonds is 2. The van der Waals surface area contributed by atoms with Crippen LogP contribution in [-0.2, 0) is 0 Å². The van der Waals surface area contributed by atoms with Gasteiger partial charge in [-0.25, -0.2) is 4.79 Å². The number of carboxylic acid groups (broad SMARTS) is 1. The van der Waals surface area contributed by atoms with Crippen molar-refractivity contribution in [2.24, 2.45) is 0 Å². The third-order valence-corrected chi connectivity index (χ3v) is 1.81. The van der Waals surface area contributed by atoms with E-state index in [9.17, 15) is 4.79 Å². The Bertz CT molecular complexity index is 290. The van der Waals surface area contributed by atoms with Gasteiger partial charge in [-0.2, -0.15) is 0 Å². The van der Waals surface area contributed by atoms with Crippen LogP contribution in [0.3, 0.4) is 0 Å². The number of carbonyl (C=O) groups is 1. The van der Waals surface area contributed by atoms with E-state index in [0.29, 0.717) is 5.56 Å². The molecular formula is C11H16O2. The first-order valence-electron chi connectivity index (χ1n) is 3.95. The van der Waals surface area contributed by atoms with E-state index in [1.54, 1.807) is 12.1 Å². The fraction of sp³-hybridized carbons (Fsp3) is 0.364. The molecule has 0 saturated carbocycles. The second-order valence-electron chi connectivity index (χ2n) is 3.05. The molecule has 0 unspecified atom stereocenters. The molecule has 2 heteroatoms. The molecule has 0 amide bonds. The Morgan fingerprint density at radius 1 is 1.31 bits per heavy atom. The van der Waals surface area contributed by atoms with E-state index >= 15 is 0 Å². The number of carboxylic acids is 1. The highest BCUT2D eigenvalue weighted by atomic mass is 16.4. The molecule has 0 bridgehead atoms. The molecule has 0 spiro atoms. The van der Waals surface area contributed by atoms with Crippen LogP contribution in [0.1, 0.15) is 43.1 Å². The highest BCUT2D eigenvalue weighted by Gasteiger charge is 2.10. The average Bonchev–Trinajstić information content (AvgIpc) is 2.04. The van der Waals surface area contributed by atoms with Crippen molar-refractivity contribution < 1.29 is 9.90 Å². The maximum atomic E-state index is 10.7. The van der Waals surface area contributed by atoms with Gasteiger partial charge >= 0.3 is 5.97 Å². The molecule has 72 valence electrons. The summed E-state index contributed by atoms with van der Waals surface area (Å²) in [7, 11) is 0. The molecule has 0 atom stereocenters. The third-order valence-electron chi connectivity index (χ3n) is 1.81. The molecule has 0 aliphatic heterocycles. The Morgan fingerprint density at radius 2 is 1.85 bits per heavy atom. The zero-order valence-corrected chi connectivity index (χ0v) is 7.24. The summed E-state index contributed by atoms with van der Waals surface area (Å²) in [5.74, 6) is -0.586. The summed E-state index contributed by atoms with van der Waals surface area (Å²) in [5, 5.41) is 8.81. The predicted molar refractivity (Wildman–Crippen MR) is 54.2 cm³/mol. The van der Waals surface area contributed by atoms with Gasteiger partial charge < -0.3 is 5.11 Å². The first-order valence-corrected chi connectivity index (χ1v) is 3.95. The summed E-state index contributed by atoms with van der Waals surface area (Å²) in [4.78, 5) is 10.7. The van der Waals surface area contributed by atoms with Crippen molar-refractivity contribution in [2.45, 2.75) is 27.2 Å². The van der Waals surface area contributed by atoms with Crippen molar-refractivity contribution in [1.29, 1.82) is 0 Å². The zero-order valence-electron chi connectivity index (χ0n) is 7.24. The molecule has 13 heavy (non-hydrogen) atoms. The molecule has 1 aromatic rings. The Morgan fingerprint density at radius 3 is 2.23 bits per heavy atom. The number of hydrogen-bond acceptors (Lipinski definition) is 1. The molecule has 0 saturated heterocycles. The largest absolute Gasteiger partial charge is 0.478 e. The van der Waals surface area contributed by atoms with Crippen LogP contribution in [0.25, 0.3) is 0 Å². The minimum atomic E-state index is -0.848. The highest BCUT2D eigenvalue weighted by molar-refractivity contribution is 5.89. The standard InChI is InChI=1S/C10H12O2.CH4/c1-7(2)8-5-3-4-6-9(8)10(11)12;/h3-7H,1-2H3,(H,11,12);1H4. The van der Waals surface area contributed by atoms with Crippen molar-refractivity contribution >= 4 is 5.97 Å². The minimum Gasteiger partial charge on any atom is -0.478 e. The van der Waals surface area contributed by atoms with Gasteiger partial charge in [0.25, 0.3) is 0 Å². The third kappa shape index (κ3) is 2.58. The van der Waals surface area contributed by atoms with Gasteiger partial charge in [-0.05, 0) is 17.5 Å². The summed E-state index contributed by atoms with van der Waals surface area (Å²) in [5.41, 5.74) is 1.30. The Kier molecular flexibility index (Phi) is 4.18. The average molecular weight is 180 g/mol. The monoisotopic (exact) mass is 180 g/mol. The number of aromatic carboxylic acids is 1. The molecule has 0 heterocycles. The maximum Gasteiger partial charge on any atom is 0.335 e. The molecular weight excluding hydrogens is 164 g/mol. The molecule has 0 aliphatic carbocycles. The van der Waals surface area contributed by atoms with E-state index < -0.39 is 5.97 Å². The van der Waals surface area contributed by atoms with Crippen LogP contribution in [0.2, 0.25) is 0 Å². The van der Waals surface area contributed by atoms with Crippen molar-refractivity contribution in [1.82, 2.24) is 0 Å². The Labute approximate surface area is 79.2 Å². The second kappa shape index (κ2) is 4.65. The smallest absolute Gasteiger partial charge is 0.335 e. The summed E-state index contributed by atoms with van der Waals surface area (Å²) in [6.07, 6.45) is 0. The van der Waals surface area contributed by atoms with Gasteiger partial charge in [-0.15, -0.1) is 0 Å². The quantitative estimate of drug-likeness (QED) is 0.759. The fourth-order valence-corrected chi connectivity index (χ4v) is 1.20. The van der Waals surface area contributed by atoms with Crippen LogP contribution in [0.4, 0.5) is 0 Å². The summed E-state index contributed by atoms with van der Waals surface area (Å²) in [6, 6.07) is 7.10. The Hall–Kier alpha value is -1.31. The van der Waals surface area contributed by atoms with Crippen LogP contribution in [-0.4, -0.2) is 11.1 Å². The lowest BCUT2D eigenvalue weighted by Crippen LogP contribution is -2.02. The predicted octanol–water partition coefficient (Wildman–Crippen LogP) is 3.14. The van der Waals surface area contributed by atoms with Gasteiger partial charge in [0.05, 0.1) is 5.56 Å². The fourth-order valence-electron chi connectivity index (χ4n) is 1.20. The number of hydrogen-bond donors (Lipinski definition) is 1. The lowest BCUT2D eigenvalue weighted by atomic mass is 9.97. The van der Waals surface area contributed by atoms with Crippen LogP contribution in [0, 0.1) is 0 Å². The van der Waals surface area contributed by atoms with Gasteiger partial charge in [-0.3, -0.25) is 0 Å². The molecule has 0 fully saturated rings. The molecule has 1 N–H and O–H groups in total. The van der Waals surface area contributed by atoms with Gasteiger partial charge in [0.1, 0.15) is 0 Å². The first-order chi connectivity index (χ1) is 5.63. The lowest BCUT2D eigenvalue weighted by molar-refractivity contribution is 0.0695. The lowest BCUT2D eigenvalue weighted by Gasteiger charge is -2.07. The second-order valence-corrected chi connectivity index (χ2v) is 3.05. The van der Waals surface area contributed by atoms with Crippen molar-refractivity contribution in [2.75, 3.05) is 0 Å². The zero-order chi connectivity index (χ0) is 9.14. The summed E-state index contributed by atoms with van der Waals surface area (Å²) >= 11 is 0. The molecule has 1 rings (SSSR count). The van der Waals surface area contributed by atoms with E-state index in [4.69, 9.17) is 5.11 Å². The van der Waals surface area contributed by atoms with Crippen LogP contribution in [0.5, 0.6) is 0 Å². The van der Waals surface area contributed by atoms with E-state index in [0.717, 1.165) is 5.56 Å². The van der Waals surface area contributed by atoms with Crippen LogP contribution >= 0.6 is 0 Å². The molecule has 0 radical (unpaired) electrons. The summed E-state index contributed by atoms with van der Waals surface area (Å²) < 4.78 is 0. The molecule has 0 aromatic heterocycles. The van der Waals surface area contributed by atoms with E-state index in [-0.39, 0.29) is 13.3 Å². The van der Waals surface area contributed by atoms with Gasteiger partial charge in [0, 0.05) is 0 Å². The summed E-state index contributed by atoms with van der Waals surface area (Å²) in [6.45, 7) is 3.98.